The van der Waals surface area contributed by atoms with E-state index in [2.05, 4.69) is 36.4 Å². The first-order valence-electron chi connectivity index (χ1n) is 8.24. The van der Waals surface area contributed by atoms with E-state index < -0.39 is 0 Å². The van der Waals surface area contributed by atoms with Gasteiger partial charge in [0.05, 0.1) is 5.69 Å². The third-order valence-corrected chi connectivity index (χ3v) is 4.68. The van der Waals surface area contributed by atoms with Crippen molar-refractivity contribution >= 4 is 17.2 Å². The quantitative estimate of drug-likeness (QED) is 0.684. The van der Waals surface area contributed by atoms with Crippen molar-refractivity contribution < 1.29 is 0 Å². The van der Waals surface area contributed by atoms with E-state index in [0.29, 0.717) is 5.15 Å². The van der Waals surface area contributed by atoms with Gasteiger partial charge in [-0.1, -0.05) is 23.7 Å². The van der Waals surface area contributed by atoms with Gasteiger partial charge in [0.2, 0.25) is 0 Å². The smallest absolute Gasteiger partial charge is 0.137 e. The number of piperazine rings is 1. The number of hydrogen-bond donors (Lipinski definition) is 0. The molecule has 6 heteroatoms. The molecule has 124 valence electrons. The first-order valence-corrected chi connectivity index (χ1v) is 8.62. The highest BCUT2D eigenvalue weighted by Gasteiger charge is 2.18. The van der Waals surface area contributed by atoms with Gasteiger partial charge in [0.15, 0.2) is 0 Å². The Labute approximate surface area is 146 Å². The SMILES string of the molecule is Clc1ccc(CN2CCN(Cc3cn4ccccc4n3)CC2)cn1. The summed E-state index contributed by atoms with van der Waals surface area (Å²) in [6.45, 7) is 6.11. The van der Waals surface area contributed by atoms with E-state index in [1.807, 2.05) is 36.7 Å². The molecule has 0 N–H and O–H groups in total. The maximum atomic E-state index is 5.84. The molecule has 3 aromatic heterocycles. The zero-order chi connectivity index (χ0) is 16.4. The Bertz CT molecular complexity index is 773. The summed E-state index contributed by atoms with van der Waals surface area (Å²) in [5, 5.41) is 0.552. The zero-order valence-corrected chi connectivity index (χ0v) is 14.2. The molecule has 0 amide bonds. The molecule has 5 nitrogen and oxygen atoms in total. The number of nitrogens with zero attached hydrogens (tertiary/aromatic N) is 5. The van der Waals surface area contributed by atoms with Crippen LogP contribution in [0.15, 0.2) is 48.9 Å². The van der Waals surface area contributed by atoms with Crippen LogP contribution in [-0.2, 0) is 13.1 Å². The van der Waals surface area contributed by atoms with Crippen molar-refractivity contribution in [2.45, 2.75) is 13.1 Å². The van der Waals surface area contributed by atoms with Crippen LogP contribution in [-0.4, -0.2) is 50.3 Å². The minimum Gasteiger partial charge on any atom is -0.307 e. The maximum Gasteiger partial charge on any atom is 0.137 e. The molecule has 1 saturated heterocycles. The lowest BCUT2D eigenvalue weighted by molar-refractivity contribution is 0.121. The molecule has 4 heterocycles. The van der Waals surface area contributed by atoms with Crippen LogP contribution < -0.4 is 0 Å². The third-order valence-electron chi connectivity index (χ3n) is 4.46. The Morgan fingerprint density at radius 3 is 2.46 bits per heavy atom. The fraction of sp³-hybridized carbons (Fsp3) is 0.333. The number of pyridine rings is 2. The Morgan fingerprint density at radius 1 is 0.958 bits per heavy atom. The van der Waals surface area contributed by atoms with Gasteiger partial charge in [0, 0.05) is 57.9 Å². The molecule has 4 rings (SSSR count). The van der Waals surface area contributed by atoms with Crippen molar-refractivity contribution in [3.8, 4) is 0 Å². The zero-order valence-electron chi connectivity index (χ0n) is 13.5. The van der Waals surface area contributed by atoms with Gasteiger partial charge >= 0.3 is 0 Å². The Kier molecular flexibility index (Phi) is 4.47. The van der Waals surface area contributed by atoms with Gasteiger partial charge in [-0.05, 0) is 23.8 Å². The molecule has 1 aliphatic heterocycles. The Hall–Kier alpha value is -1.95. The van der Waals surface area contributed by atoms with Gasteiger partial charge in [-0.15, -0.1) is 0 Å². The first kappa shape index (κ1) is 15.6. The van der Waals surface area contributed by atoms with E-state index in [4.69, 9.17) is 11.6 Å². The summed E-state index contributed by atoms with van der Waals surface area (Å²) in [6, 6.07) is 10.0. The average molecular weight is 342 g/mol. The molecule has 0 unspecified atom stereocenters. The van der Waals surface area contributed by atoms with Crippen LogP contribution in [0.25, 0.3) is 5.65 Å². The average Bonchev–Trinajstić information content (AvgIpc) is 3.01. The van der Waals surface area contributed by atoms with Gasteiger partial charge in [0.25, 0.3) is 0 Å². The van der Waals surface area contributed by atoms with E-state index in [-0.39, 0.29) is 0 Å². The second-order valence-electron chi connectivity index (χ2n) is 6.24. The summed E-state index contributed by atoms with van der Waals surface area (Å²) in [7, 11) is 0. The number of imidazole rings is 1. The standard InChI is InChI=1S/C18H20ClN5/c19-17-5-4-15(11-20-17)12-22-7-9-23(10-8-22)13-16-14-24-6-2-1-3-18(24)21-16/h1-6,11,14H,7-10,12-13H2. The third kappa shape index (κ3) is 3.59. The van der Waals surface area contributed by atoms with Crippen LogP contribution in [0.1, 0.15) is 11.3 Å². The predicted molar refractivity (Wildman–Crippen MR) is 95.0 cm³/mol. The van der Waals surface area contributed by atoms with Crippen LogP contribution in [0.5, 0.6) is 0 Å². The number of halogens is 1. The summed E-state index contributed by atoms with van der Waals surface area (Å²) < 4.78 is 2.08. The fourth-order valence-electron chi connectivity index (χ4n) is 3.16. The monoisotopic (exact) mass is 341 g/mol. The fourth-order valence-corrected chi connectivity index (χ4v) is 3.27. The van der Waals surface area contributed by atoms with Crippen molar-refractivity contribution in [1.29, 1.82) is 0 Å². The largest absolute Gasteiger partial charge is 0.307 e. The van der Waals surface area contributed by atoms with Crippen LogP contribution in [0.4, 0.5) is 0 Å². The van der Waals surface area contributed by atoms with Crippen molar-refractivity contribution in [3.63, 3.8) is 0 Å². The first-order chi connectivity index (χ1) is 11.8. The molecule has 1 fully saturated rings. The maximum absolute atomic E-state index is 5.84. The van der Waals surface area contributed by atoms with E-state index in [1.54, 1.807) is 0 Å². The Morgan fingerprint density at radius 2 is 1.75 bits per heavy atom. The van der Waals surface area contributed by atoms with Crippen LogP contribution in [0.2, 0.25) is 5.15 Å². The summed E-state index contributed by atoms with van der Waals surface area (Å²) in [5.74, 6) is 0. The topological polar surface area (TPSA) is 36.7 Å². The molecule has 0 aliphatic carbocycles. The lowest BCUT2D eigenvalue weighted by Crippen LogP contribution is -2.45. The van der Waals surface area contributed by atoms with E-state index in [9.17, 15) is 0 Å². The minimum atomic E-state index is 0.552. The highest BCUT2D eigenvalue weighted by molar-refractivity contribution is 6.29. The summed E-state index contributed by atoms with van der Waals surface area (Å²) >= 11 is 5.84. The van der Waals surface area contributed by atoms with Gasteiger partial charge < -0.3 is 4.40 Å². The van der Waals surface area contributed by atoms with Crippen molar-refractivity contribution in [2.24, 2.45) is 0 Å². The molecule has 0 radical (unpaired) electrons. The van der Waals surface area contributed by atoms with Gasteiger partial charge in [0.1, 0.15) is 10.8 Å². The molecule has 0 spiro atoms. The van der Waals surface area contributed by atoms with Crippen LogP contribution >= 0.6 is 11.6 Å². The van der Waals surface area contributed by atoms with Crippen molar-refractivity contribution in [1.82, 2.24) is 24.2 Å². The number of fused-ring (bicyclic) bond motifs is 1. The summed E-state index contributed by atoms with van der Waals surface area (Å²) in [5.41, 5.74) is 3.37. The number of hydrogen-bond acceptors (Lipinski definition) is 4. The minimum absolute atomic E-state index is 0.552. The van der Waals surface area contributed by atoms with E-state index >= 15 is 0 Å². The highest BCUT2D eigenvalue weighted by atomic mass is 35.5. The lowest BCUT2D eigenvalue weighted by atomic mass is 10.2. The number of aromatic nitrogens is 3. The molecular weight excluding hydrogens is 322 g/mol. The Balaban J connectivity index is 1.31. The molecular formula is C18H20ClN5. The highest BCUT2D eigenvalue weighted by Crippen LogP contribution is 2.13. The lowest BCUT2D eigenvalue weighted by Gasteiger charge is -2.34. The molecule has 0 atom stereocenters. The van der Waals surface area contributed by atoms with Crippen molar-refractivity contribution in [3.05, 3.63) is 65.3 Å². The molecule has 0 bridgehead atoms. The molecule has 0 saturated carbocycles. The van der Waals surface area contributed by atoms with Crippen molar-refractivity contribution in [2.75, 3.05) is 26.2 Å². The van der Waals surface area contributed by atoms with E-state index in [0.717, 1.165) is 50.6 Å². The number of rotatable bonds is 4. The van der Waals surface area contributed by atoms with Crippen LogP contribution in [0.3, 0.4) is 0 Å². The molecule has 3 aromatic rings. The predicted octanol–water partition coefficient (Wildman–Crippen LogP) is 2.70. The summed E-state index contributed by atoms with van der Waals surface area (Å²) in [6.07, 6.45) is 6.04. The van der Waals surface area contributed by atoms with E-state index in [1.165, 1.54) is 5.56 Å². The molecule has 0 aromatic carbocycles. The second kappa shape index (κ2) is 6.89. The second-order valence-corrected chi connectivity index (χ2v) is 6.63. The summed E-state index contributed by atoms with van der Waals surface area (Å²) in [4.78, 5) is 13.8. The van der Waals surface area contributed by atoms with Crippen LogP contribution in [0, 0.1) is 0 Å². The van der Waals surface area contributed by atoms with Gasteiger partial charge in [-0.3, -0.25) is 9.80 Å². The van der Waals surface area contributed by atoms with Gasteiger partial charge in [-0.2, -0.15) is 0 Å². The normalized spacial score (nSPS) is 16.7. The molecule has 1 aliphatic rings. The van der Waals surface area contributed by atoms with Gasteiger partial charge in [-0.25, -0.2) is 9.97 Å². The molecule has 24 heavy (non-hydrogen) atoms.